The van der Waals surface area contributed by atoms with Gasteiger partial charge in [0.1, 0.15) is 0 Å². The van der Waals surface area contributed by atoms with E-state index in [2.05, 4.69) is 24.2 Å². The van der Waals surface area contributed by atoms with E-state index in [4.69, 9.17) is 4.74 Å². The van der Waals surface area contributed by atoms with Crippen molar-refractivity contribution in [3.05, 3.63) is 0 Å². The van der Waals surface area contributed by atoms with Crippen molar-refractivity contribution in [2.75, 3.05) is 52.9 Å². The normalized spacial score (nSPS) is 28.8. The number of rotatable bonds is 5. The van der Waals surface area contributed by atoms with E-state index in [0.717, 1.165) is 52.2 Å². The Morgan fingerprint density at radius 3 is 2.74 bits per heavy atom. The molecule has 0 saturated carbocycles. The zero-order valence-corrected chi connectivity index (χ0v) is 12.2. The van der Waals surface area contributed by atoms with Gasteiger partial charge < -0.3 is 19.9 Å². The maximum absolute atomic E-state index is 12.0. The van der Waals surface area contributed by atoms with Crippen LogP contribution in [0, 0.1) is 5.92 Å². The Kier molecular flexibility index (Phi) is 5.60. The molecule has 1 N–H and O–H groups in total. The second kappa shape index (κ2) is 7.22. The summed E-state index contributed by atoms with van der Waals surface area (Å²) in [6.07, 6.45) is 2.57. The van der Waals surface area contributed by atoms with Crippen LogP contribution in [0.4, 0.5) is 0 Å². The van der Waals surface area contributed by atoms with Gasteiger partial charge in [0.15, 0.2) is 0 Å². The molecule has 19 heavy (non-hydrogen) atoms. The van der Waals surface area contributed by atoms with E-state index < -0.39 is 0 Å². The van der Waals surface area contributed by atoms with Crippen molar-refractivity contribution in [2.24, 2.45) is 5.92 Å². The number of hydrogen-bond acceptors (Lipinski definition) is 4. The Morgan fingerprint density at radius 1 is 1.32 bits per heavy atom. The summed E-state index contributed by atoms with van der Waals surface area (Å²) < 4.78 is 5.66. The van der Waals surface area contributed by atoms with Gasteiger partial charge in [0.25, 0.3) is 0 Å². The molecular formula is C14H27N3O2. The summed E-state index contributed by atoms with van der Waals surface area (Å²) in [5.74, 6) is 0.811. The first-order valence-electron chi connectivity index (χ1n) is 7.49. The molecule has 110 valence electrons. The lowest BCUT2D eigenvalue weighted by atomic mass is 10.00. The van der Waals surface area contributed by atoms with Crippen LogP contribution in [-0.4, -0.2) is 74.7 Å². The number of nitrogens with one attached hydrogen (secondary N) is 1. The zero-order chi connectivity index (χ0) is 13.7. The predicted molar refractivity (Wildman–Crippen MR) is 75.1 cm³/mol. The number of amides is 1. The fourth-order valence-corrected chi connectivity index (χ4v) is 2.91. The number of likely N-dealkylation sites (N-methyl/N-ethyl adjacent to an activating group) is 1. The summed E-state index contributed by atoms with van der Waals surface area (Å²) in [5.41, 5.74) is 0. The van der Waals surface area contributed by atoms with E-state index in [9.17, 15) is 4.79 Å². The number of carbonyl (C=O) groups excluding carboxylic acids is 1. The van der Waals surface area contributed by atoms with Crippen molar-refractivity contribution >= 4 is 5.91 Å². The van der Waals surface area contributed by atoms with Gasteiger partial charge in [-0.1, -0.05) is 6.92 Å². The summed E-state index contributed by atoms with van der Waals surface area (Å²) >= 11 is 0. The van der Waals surface area contributed by atoms with Gasteiger partial charge in [0, 0.05) is 39.3 Å². The van der Waals surface area contributed by atoms with Crippen LogP contribution in [0.25, 0.3) is 0 Å². The number of hydrogen-bond donors (Lipinski definition) is 1. The van der Waals surface area contributed by atoms with Crippen LogP contribution < -0.4 is 5.32 Å². The maximum Gasteiger partial charge on any atom is 0.236 e. The number of carbonyl (C=O) groups is 1. The van der Waals surface area contributed by atoms with Crippen LogP contribution in [0.3, 0.4) is 0 Å². The highest BCUT2D eigenvalue weighted by molar-refractivity contribution is 5.78. The van der Waals surface area contributed by atoms with Crippen molar-refractivity contribution < 1.29 is 9.53 Å². The van der Waals surface area contributed by atoms with Gasteiger partial charge in [0.05, 0.1) is 12.6 Å². The van der Waals surface area contributed by atoms with E-state index in [-0.39, 0.29) is 5.91 Å². The number of piperazine rings is 1. The van der Waals surface area contributed by atoms with Gasteiger partial charge in [-0.15, -0.1) is 0 Å². The molecule has 0 aromatic heterocycles. The molecule has 0 spiro atoms. The highest BCUT2D eigenvalue weighted by atomic mass is 16.5. The summed E-state index contributed by atoms with van der Waals surface area (Å²) in [6.45, 7) is 8.10. The quantitative estimate of drug-likeness (QED) is 0.772. The Morgan fingerprint density at radius 2 is 2.05 bits per heavy atom. The molecule has 2 saturated heterocycles. The maximum atomic E-state index is 12.0. The zero-order valence-electron chi connectivity index (χ0n) is 12.2. The second-order valence-electron chi connectivity index (χ2n) is 5.68. The number of ether oxygens (including phenoxy) is 1. The molecule has 2 aliphatic rings. The Bertz CT molecular complexity index is 290. The summed E-state index contributed by atoms with van der Waals surface area (Å²) in [5, 5.41) is 3.32. The van der Waals surface area contributed by atoms with Crippen LogP contribution in [0.2, 0.25) is 0 Å². The van der Waals surface area contributed by atoms with Crippen molar-refractivity contribution in [2.45, 2.75) is 25.9 Å². The highest BCUT2D eigenvalue weighted by Crippen LogP contribution is 2.22. The molecule has 0 radical (unpaired) electrons. The standard InChI is InChI=1S/C14H27N3O2/c1-3-13-12(4-9-19-13)10-15-11-14(18)17-7-5-16(2)6-8-17/h12-13,15H,3-11H2,1-2H3. The molecule has 2 atom stereocenters. The molecule has 0 aromatic carbocycles. The molecule has 2 aliphatic heterocycles. The predicted octanol–water partition coefficient (Wildman–Crippen LogP) is 0.165. The molecule has 0 bridgehead atoms. The Balaban J connectivity index is 1.64. The molecule has 5 nitrogen and oxygen atoms in total. The van der Waals surface area contributed by atoms with Gasteiger partial charge in [-0.05, 0) is 25.8 Å². The van der Waals surface area contributed by atoms with E-state index in [1.807, 2.05) is 4.90 Å². The molecule has 0 aliphatic carbocycles. The lowest BCUT2D eigenvalue weighted by Gasteiger charge is -2.32. The Hall–Kier alpha value is -0.650. The van der Waals surface area contributed by atoms with Gasteiger partial charge in [0.2, 0.25) is 5.91 Å². The smallest absolute Gasteiger partial charge is 0.236 e. The third-order valence-corrected chi connectivity index (χ3v) is 4.29. The van der Waals surface area contributed by atoms with Crippen LogP contribution >= 0.6 is 0 Å². The molecule has 2 unspecified atom stereocenters. The highest BCUT2D eigenvalue weighted by Gasteiger charge is 2.26. The minimum atomic E-state index is 0.236. The van der Waals surface area contributed by atoms with Gasteiger partial charge >= 0.3 is 0 Å². The van der Waals surface area contributed by atoms with Gasteiger partial charge in [-0.25, -0.2) is 0 Å². The monoisotopic (exact) mass is 269 g/mol. The molecule has 0 aromatic rings. The minimum Gasteiger partial charge on any atom is -0.378 e. The molecule has 2 fully saturated rings. The first-order valence-corrected chi connectivity index (χ1v) is 7.49. The fourth-order valence-electron chi connectivity index (χ4n) is 2.91. The molecular weight excluding hydrogens is 242 g/mol. The largest absolute Gasteiger partial charge is 0.378 e. The summed E-state index contributed by atoms with van der Waals surface area (Å²) in [6, 6.07) is 0. The average molecular weight is 269 g/mol. The fraction of sp³-hybridized carbons (Fsp3) is 0.929. The average Bonchev–Trinajstić information content (AvgIpc) is 2.87. The van der Waals surface area contributed by atoms with Crippen molar-refractivity contribution in [1.82, 2.24) is 15.1 Å². The topological polar surface area (TPSA) is 44.8 Å². The minimum absolute atomic E-state index is 0.236. The van der Waals surface area contributed by atoms with Crippen LogP contribution in [0.1, 0.15) is 19.8 Å². The van der Waals surface area contributed by atoms with Gasteiger partial charge in [-0.3, -0.25) is 4.79 Å². The van der Waals surface area contributed by atoms with Crippen molar-refractivity contribution in [3.63, 3.8) is 0 Å². The van der Waals surface area contributed by atoms with Crippen molar-refractivity contribution in [3.8, 4) is 0 Å². The summed E-state index contributed by atoms with van der Waals surface area (Å²) in [4.78, 5) is 16.3. The van der Waals surface area contributed by atoms with E-state index in [1.54, 1.807) is 0 Å². The van der Waals surface area contributed by atoms with E-state index >= 15 is 0 Å². The molecule has 1 amide bonds. The van der Waals surface area contributed by atoms with E-state index in [1.165, 1.54) is 0 Å². The molecule has 2 rings (SSSR count). The lowest BCUT2D eigenvalue weighted by molar-refractivity contribution is -0.131. The number of nitrogens with zero attached hydrogens (tertiary/aromatic N) is 2. The summed E-state index contributed by atoms with van der Waals surface area (Å²) in [7, 11) is 2.10. The van der Waals surface area contributed by atoms with Crippen LogP contribution in [-0.2, 0) is 9.53 Å². The molecule has 5 heteroatoms. The second-order valence-corrected chi connectivity index (χ2v) is 5.68. The van der Waals surface area contributed by atoms with Crippen LogP contribution in [0.15, 0.2) is 0 Å². The van der Waals surface area contributed by atoms with Gasteiger partial charge in [-0.2, -0.15) is 0 Å². The third kappa shape index (κ3) is 4.16. The third-order valence-electron chi connectivity index (χ3n) is 4.29. The van der Waals surface area contributed by atoms with Crippen LogP contribution in [0.5, 0.6) is 0 Å². The Labute approximate surface area is 116 Å². The van der Waals surface area contributed by atoms with E-state index in [0.29, 0.717) is 18.6 Å². The first-order chi connectivity index (χ1) is 9.20. The molecule has 2 heterocycles. The SMILES string of the molecule is CCC1OCCC1CNCC(=O)N1CCN(C)CC1. The lowest BCUT2D eigenvalue weighted by Crippen LogP contribution is -2.49. The first kappa shape index (κ1) is 14.8. The van der Waals surface area contributed by atoms with Crippen molar-refractivity contribution in [1.29, 1.82) is 0 Å².